The molecule has 0 saturated heterocycles. The van der Waals surface area contributed by atoms with Crippen LogP contribution in [0, 0.1) is 0 Å². The molecule has 6 heteroatoms. The largest absolute Gasteiger partial charge is 0.495 e. The number of nitrogens with one attached hydrogen (secondary N) is 1. The highest BCUT2D eigenvalue weighted by Gasteiger charge is 2.15. The first-order valence-corrected chi connectivity index (χ1v) is 6.82. The Hall–Kier alpha value is -2.08. The van der Waals surface area contributed by atoms with Gasteiger partial charge >= 0.3 is 5.97 Å². The lowest BCUT2D eigenvalue weighted by molar-refractivity contribution is -0.142. The molecular weight excluding hydrogens is 272 g/mol. The number of ether oxygens (including phenoxy) is 2. The number of hydrogen-bond donors (Lipinski definition) is 1. The number of para-hydroxylation sites is 2. The fourth-order valence-electron chi connectivity index (χ4n) is 1.92. The summed E-state index contributed by atoms with van der Waals surface area (Å²) in [6, 6.07) is 7.18. The molecule has 0 spiro atoms. The van der Waals surface area contributed by atoms with E-state index in [-0.39, 0.29) is 25.0 Å². The Morgan fingerprint density at radius 2 is 1.90 bits per heavy atom. The first kappa shape index (κ1) is 17.0. The zero-order chi connectivity index (χ0) is 15.7. The van der Waals surface area contributed by atoms with Crippen LogP contribution >= 0.6 is 0 Å². The van der Waals surface area contributed by atoms with Gasteiger partial charge in [0.25, 0.3) is 0 Å². The van der Waals surface area contributed by atoms with Crippen molar-refractivity contribution in [2.45, 2.75) is 13.3 Å². The summed E-state index contributed by atoms with van der Waals surface area (Å²) in [6.07, 6.45) is 0.846. The number of rotatable bonds is 8. The van der Waals surface area contributed by atoms with E-state index >= 15 is 0 Å². The maximum Gasteiger partial charge on any atom is 0.319 e. The van der Waals surface area contributed by atoms with Crippen LogP contribution in [-0.2, 0) is 14.3 Å². The van der Waals surface area contributed by atoms with Crippen molar-refractivity contribution >= 4 is 17.6 Å². The second-order valence-corrected chi connectivity index (χ2v) is 4.54. The van der Waals surface area contributed by atoms with Crippen molar-refractivity contribution in [2.24, 2.45) is 0 Å². The number of nitrogens with zero attached hydrogens (tertiary/aromatic N) is 1. The molecule has 0 radical (unpaired) electrons. The summed E-state index contributed by atoms with van der Waals surface area (Å²) in [4.78, 5) is 25.1. The van der Waals surface area contributed by atoms with Gasteiger partial charge in [-0.15, -0.1) is 0 Å². The Morgan fingerprint density at radius 3 is 2.52 bits per heavy atom. The first-order valence-electron chi connectivity index (χ1n) is 6.82. The summed E-state index contributed by atoms with van der Waals surface area (Å²) in [5.41, 5.74) is 0.611. The number of amides is 1. The zero-order valence-electron chi connectivity index (χ0n) is 12.7. The maximum absolute atomic E-state index is 12.1. The highest BCUT2D eigenvalue weighted by atomic mass is 16.5. The summed E-state index contributed by atoms with van der Waals surface area (Å²) in [6.45, 7) is 2.86. The smallest absolute Gasteiger partial charge is 0.319 e. The molecule has 1 aromatic rings. The predicted molar refractivity (Wildman–Crippen MR) is 80.4 cm³/mol. The van der Waals surface area contributed by atoms with Crippen LogP contribution in [0.15, 0.2) is 24.3 Å². The SMILES string of the molecule is CCCN(CC(=O)Nc1ccccc1OC)CC(=O)OC. The molecule has 116 valence electrons. The molecule has 0 bridgehead atoms. The molecule has 1 amide bonds. The molecule has 0 saturated carbocycles. The van der Waals surface area contributed by atoms with E-state index in [1.807, 2.05) is 19.1 Å². The minimum atomic E-state index is -0.353. The number of hydrogen-bond acceptors (Lipinski definition) is 5. The van der Waals surface area contributed by atoms with E-state index in [0.717, 1.165) is 6.42 Å². The molecule has 1 N–H and O–H groups in total. The quantitative estimate of drug-likeness (QED) is 0.736. The van der Waals surface area contributed by atoms with Gasteiger partial charge in [-0.25, -0.2) is 0 Å². The van der Waals surface area contributed by atoms with Gasteiger partial charge in [0, 0.05) is 0 Å². The van der Waals surface area contributed by atoms with Crippen LogP contribution in [0.2, 0.25) is 0 Å². The zero-order valence-corrected chi connectivity index (χ0v) is 12.7. The van der Waals surface area contributed by atoms with Crippen LogP contribution in [0.5, 0.6) is 5.75 Å². The molecule has 0 heterocycles. The molecule has 1 rings (SSSR count). The number of carbonyl (C=O) groups is 2. The van der Waals surface area contributed by atoms with Gasteiger partial charge in [0.05, 0.1) is 33.0 Å². The Morgan fingerprint density at radius 1 is 1.19 bits per heavy atom. The minimum Gasteiger partial charge on any atom is -0.495 e. The lowest BCUT2D eigenvalue weighted by Gasteiger charge is -2.20. The van der Waals surface area contributed by atoms with Gasteiger partial charge in [-0.05, 0) is 25.1 Å². The fraction of sp³-hybridized carbons (Fsp3) is 0.467. The Balaban J connectivity index is 2.62. The van der Waals surface area contributed by atoms with E-state index in [4.69, 9.17) is 4.74 Å². The van der Waals surface area contributed by atoms with Crippen LogP contribution in [-0.4, -0.2) is 50.6 Å². The second kappa shape index (κ2) is 8.97. The van der Waals surface area contributed by atoms with Crippen molar-refractivity contribution in [1.82, 2.24) is 4.90 Å². The third-order valence-corrected chi connectivity index (χ3v) is 2.87. The lowest BCUT2D eigenvalue weighted by atomic mass is 10.3. The summed E-state index contributed by atoms with van der Waals surface area (Å²) in [5.74, 6) is 0.0475. The minimum absolute atomic E-state index is 0.101. The van der Waals surface area contributed by atoms with E-state index in [1.165, 1.54) is 7.11 Å². The molecule has 0 fully saturated rings. The summed E-state index contributed by atoms with van der Waals surface area (Å²) in [7, 11) is 2.88. The number of anilines is 1. The number of benzene rings is 1. The standard InChI is InChI=1S/C15H22N2O4/c1-4-9-17(11-15(19)21-3)10-14(18)16-12-7-5-6-8-13(12)20-2/h5-8H,4,9-11H2,1-3H3,(H,16,18). The van der Waals surface area contributed by atoms with Crippen molar-refractivity contribution in [3.8, 4) is 5.75 Å². The summed E-state index contributed by atoms with van der Waals surface area (Å²) >= 11 is 0. The van der Waals surface area contributed by atoms with Crippen LogP contribution < -0.4 is 10.1 Å². The molecule has 21 heavy (non-hydrogen) atoms. The van der Waals surface area contributed by atoms with Gasteiger partial charge in [0.15, 0.2) is 0 Å². The van der Waals surface area contributed by atoms with Crippen molar-refractivity contribution < 1.29 is 19.1 Å². The molecule has 0 aromatic heterocycles. The lowest BCUT2D eigenvalue weighted by Crippen LogP contribution is -2.37. The molecular formula is C15H22N2O4. The number of carbonyl (C=O) groups excluding carboxylic acids is 2. The molecule has 6 nitrogen and oxygen atoms in total. The normalized spacial score (nSPS) is 10.3. The molecule has 0 atom stereocenters. The van der Waals surface area contributed by atoms with Crippen LogP contribution in [0.3, 0.4) is 0 Å². The molecule has 1 aromatic carbocycles. The van der Waals surface area contributed by atoms with E-state index in [1.54, 1.807) is 24.1 Å². The first-order chi connectivity index (χ1) is 10.1. The average molecular weight is 294 g/mol. The molecule has 0 aliphatic carbocycles. The topological polar surface area (TPSA) is 67.9 Å². The number of methoxy groups -OCH3 is 2. The molecule has 0 aliphatic heterocycles. The van der Waals surface area contributed by atoms with E-state index in [2.05, 4.69) is 10.1 Å². The maximum atomic E-state index is 12.1. The van der Waals surface area contributed by atoms with Gasteiger partial charge in [0.2, 0.25) is 5.91 Å². The third-order valence-electron chi connectivity index (χ3n) is 2.87. The van der Waals surface area contributed by atoms with E-state index in [9.17, 15) is 9.59 Å². The highest BCUT2D eigenvalue weighted by Crippen LogP contribution is 2.22. The Bertz CT molecular complexity index is 476. The van der Waals surface area contributed by atoms with Crippen molar-refractivity contribution in [1.29, 1.82) is 0 Å². The van der Waals surface area contributed by atoms with Crippen LogP contribution in [0.4, 0.5) is 5.69 Å². The number of esters is 1. The van der Waals surface area contributed by atoms with Gasteiger partial charge < -0.3 is 14.8 Å². The fourth-order valence-corrected chi connectivity index (χ4v) is 1.92. The van der Waals surface area contributed by atoms with Crippen molar-refractivity contribution in [3.05, 3.63) is 24.3 Å². The average Bonchev–Trinajstić information content (AvgIpc) is 2.47. The van der Waals surface area contributed by atoms with Crippen LogP contribution in [0.1, 0.15) is 13.3 Å². The van der Waals surface area contributed by atoms with E-state index in [0.29, 0.717) is 18.0 Å². The van der Waals surface area contributed by atoms with Crippen LogP contribution in [0.25, 0.3) is 0 Å². The highest BCUT2D eigenvalue weighted by molar-refractivity contribution is 5.93. The van der Waals surface area contributed by atoms with Gasteiger partial charge in [-0.3, -0.25) is 14.5 Å². The van der Waals surface area contributed by atoms with Crippen molar-refractivity contribution in [3.63, 3.8) is 0 Å². The molecule has 0 unspecified atom stereocenters. The van der Waals surface area contributed by atoms with E-state index < -0.39 is 0 Å². The Kier molecular flexibility index (Phi) is 7.25. The van der Waals surface area contributed by atoms with Gasteiger partial charge in [0.1, 0.15) is 5.75 Å². The van der Waals surface area contributed by atoms with Gasteiger partial charge in [-0.2, -0.15) is 0 Å². The predicted octanol–water partition coefficient (Wildman–Crippen LogP) is 1.52. The van der Waals surface area contributed by atoms with Gasteiger partial charge in [-0.1, -0.05) is 19.1 Å². The Labute approximate surface area is 125 Å². The second-order valence-electron chi connectivity index (χ2n) is 4.54. The summed E-state index contributed by atoms with van der Waals surface area (Å²) < 4.78 is 9.81. The monoisotopic (exact) mass is 294 g/mol. The summed E-state index contributed by atoms with van der Waals surface area (Å²) in [5, 5.41) is 2.78. The molecule has 0 aliphatic rings. The van der Waals surface area contributed by atoms with Crippen molar-refractivity contribution in [2.75, 3.05) is 39.2 Å². The third kappa shape index (κ3) is 5.83.